The van der Waals surface area contributed by atoms with Crippen molar-refractivity contribution in [3.8, 4) is 0 Å². The molecular weight excluding hydrogens is 240 g/mol. The Kier molecular flexibility index (Phi) is 4.78. The zero-order chi connectivity index (χ0) is 13.8. The number of amides is 1. The van der Waals surface area contributed by atoms with Crippen molar-refractivity contribution in [3.05, 3.63) is 35.4 Å². The van der Waals surface area contributed by atoms with Gasteiger partial charge in [-0.15, -0.1) is 0 Å². The lowest BCUT2D eigenvalue weighted by atomic mass is 10.0. The molecule has 0 heterocycles. The molecular formula is C13H17F2NO2. The van der Waals surface area contributed by atoms with Gasteiger partial charge in [0.15, 0.2) is 11.6 Å². The Bertz CT molecular complexity index is 433. The number of rotatable bonds is 5. The predicted octanol–water partition coefficient (Wildman–Crippen LogP) is 2.25. The lowest BCUT2D eigenvalue weighted by Gasteiger charge is -2.22. The summed E-state index contributed by atoms with van der Waals surface area (Å²) in [7, 11) is 0. The van der Waals surface area contributed by atoms with Gasteiger partial charge in [0, 0.05) is 12.1 Å². The zero-order valence-electron chi connectivity index (χ0n) is 10.5. The molecule has 0 aliphatic heterocycles. The third-order valence-electron chi connectivity index (χ3n) is 2.60. The second kappa shape index (κ2) is 5.91. The first kappa shape index (κ1) is 14.6. The van der Waals surface area contributed by atoms with Crippen molar-refractivity contribution >= 4 is 5.91 Å². The average Bonchev–Trinajstić information content (AvgIpc) is 2.30. The highest BCUT2D eigenvalue weighted by Gasteiger charge is 2.20. The summed E-state index contributed by atoms with van der Waals surface area (Å²) in [4.78, 5) is 11.6. The number of hydrogen-bond donors (Lipinski definition) is 2. The monoisotopic (exact) mass is 257 g/mol. The van der Waals surface area contributed by atoms with Crippen LogP contribution in [0.5, 0.6) is 0 Å². The van der Waals surface area contributed by atoms with E-state index in [0.717, 1.165) is 18.6 Å². The summed E-state index contributed by atoms with van der Waals surface area (Å²) >= 11 is 0. The fraction of sp³-hybridized carbons (Fsp3) is 0.462. The molecule has 1 atom stereocenters. The molecule has 1 amide bonds. The Morgan fingerprint density at radius 1 is 1.39 bits per heavy atom. The number of benzene rings is 1. The first-order valence-electron chi connectivity index (χ1n) is 5.81. The Morgan fingerprint density at radius 2 is 2.06 bits per heavy atom. The predicted molar refractivity (Wildman–Crippen MR) is 64.2 cm³/mol. The van der Waals surface area contributed by atoms with E-state index in [-0.39, 0.29) is 12.1 Å². The topological polar surface area (TPSA) is 49.3 Å². The summed E-state index contributed by atoms with van der Waals surface area (Å²) in [5.41, 5.74) is -0.968. The molecule has 1 aromatic carbocycles. The number of nitrogens with one attached hydrogen (secondary N) is 1. The Hall–Kier alpha value is -1.49. The number of aliphatic hydroxyl groups is 1. The third-order valence-corrected chi connectivity index (χ3v) is 2.60. The normalized spacial score (nSPS) is 14.1. The number of carbonyl (C=O) groups is 1. The molecule has 0 bridgehead atoms. The number of carbonyl (C=O) groups excluding carboxylic acids is 1. The van der Waals surface area contributed by atoms with Crippen LogP contribution in [-0.4, -0.2) is 23.2 Å². The minimum atomic E-state index is -1.07. The van der Waals surface area contributed by atoms with Crippen LogP contribution >= 0.6 is 0 Å². The van der Waals surface area contributed by atoms with Crippen LogP contribution in [0.3, 0.4) is 0 Å². The second-order valence-electron chi connectivity index (χ2n) is 4.56. The smallest absolute Gasteiger partial charge is 0.251 e. The molecule has 5 heteroatoms. The molecule has 100 valence electrons. The maximum Gasteiger partial charge on any atom is 0.251 e. The van der Waals surface area contributed by atoms with Crippen molar-refractivity contribution in [2.75, 3.05) is 6.54 Å². The maximum atomic E-state index is 12.9. The van der Waals surface area contributed by atoms with Gasteiger partial charge in [-0.1, -0.05) is 13.3 Å². The van der Waals surface area contributed by atoms with Gasteiger partial charge < -0.3 is 10.4 Å². The lowest BCUT2D eigenvalue weighted by molar-refractivity contribution is 0.0469. The quantitative estimate of drug-likeness (QED) is 0.850. The first-order valence-corrected chi connectivity index (χ1v) is 5.81. The van der Waals surface area contributed by atoms with Gasteiger partial charge in [0.05, 0.1) is 5.60 Å². The van der Waals surface area contributed by atoms with E-state index in [2.05, 4.69) is 5.32 Å². The summed E-state index contributed by atoms with van der Waals surface area (Å²) in [5.74, 6) is -2.60. The SMILES string of the molecule is CCCC(C)(O)CNC(=O)c1ccc(F)c(F)c1. The molecule has 18 heavy (non-hydrogen) atoms. The van der Waals surface area contributed by atoms with Crippen LogP contribution < -0.4 is 5.32 Å². The summed E-state index contributed by atoms with van der Waals surface area (Å²) in [6, 6.07) is 2.93. The van der Waals surface area contributed by atoms with E-state index in [1.54, 1.807) is 6.92 Å². The van der Waals surface area contributed by atoms with Crippen molar-refractivity contribution in [3.63, 3.8) is 0 Å². The van der Waals surface area contributed by atoms with E-state index in [1.807, 2.05) is 6.92 Å². The Balaban J connectivity index is 2.63. The van der Waals surface area contributed by atoms with Crippen molar-refractivity contribution in [1.29, 1.82) is 0 Å². The van der Waals surface area contributed by atoms with Gasteiger partial charge in [-0.05, 0) is 31.5 Å². The van der Waals surface area contributed by atoms with Crippen molar-refractivity contribution in [1.82, 2.24) is 5.32 Å². The highest BCUT2D eigenvalue weighted by molar-refractivity contribution is 5.94. The van der Waals surface area contributed by atoms with E-state index >= 15 is 0 Å². The minimum absolute atomic E-state index is 0.0289. The van der Waals surface area contributed by atoms with Gasteiger partial charge in [0.1, 0.15) is 0 Å². The highest BCUT2D eigenvalue weighted by atomic mass is 19.2. The van der Waals surface area contributed by atoms with Crippen LogP contribution in [-0.2, 0) is 0 Å². The molecule has 0 fully saturated rings. The molecule has 1 aromatic rings. The van der Waals surface area contributed by atoms with Gasteiger partial charge in [0.2, 0.25) is 0 Å². The van der Waals surface area contributed by atoms with Crippen LogP contribution in [0, 0.1) is 11.6 Å². The van der Waals surface area contributed by atoms with E-state index in [9.17, 15) is 18.7 Å². The molecule has 0 aliphatic carbocycles. The summed E-state index contributed by atoms with van der Waals surface area (Å²) in [6.45, 7) is 3.60. The number of halogens is 2. The molecule has 0 aliphatic rings. The summed E-state index contributed by atoms with van der Waals surface area (Å²) in [5, 5.41) is 12.4. The molecule has 0 spiro atoms. The van der Waals surface area contributed by atoms with Gasteiger partial charge in [-0.2, -0.15) is 0 Å². The summed E-state index contributed by atoms with van der Waals surface area (Å²) < 4.78 is 25.6. The first-order chi connectivity index (χ1) is 8.35. The third kappa shape index (κ3) is 4.07. The molecule has 1 rings (SSSR count). The maximum absolute atomic E-state index is 12.9. The van der Waals surface area contributed by atoms with E-state index < -0.39 is 23.1 Å². The minimum Gasteiger partial charge on any atom is -0.388 e. The van der Waals surface area contributed by atoms with Crippen molar-refractivity contribution in [2.45, 2.75) is 32.3 Å². The zero-order valence-corrected chi connectivity index (χ0v) is 10.5. The molecule has 0 radical (unpaired) electrons. The molecule has 1 unspecified atom stereocenters. The highest BCUT2D eigenvalue weighted by Crippen LogP contribution is 2.12. The molecule has 2 N–H and O–H groups in total. The second-order valence-corrected chi connectivity index (χ2v) is 4.56. The fourth-order valence-corrected chi connectivity index (χ4v) is 1.64. The average molecular weight is 257 g/mol. The fourth-order valence-electron chi connectivity index (χ4n) is 1.64. The van der Waals surface area contributed by atoms with Gasteiger partial charge in [0.25, 0.3) is 5.91 Å². The number of hydrogen-bond acceptors (Lipinski definition) is 2. The summed E-state index contributed by atoms with van der Waals surface area (Å²) in [6.07, 6.45) is 1.33. The largest absolute Gasteiger partial charge is 0.388 e. The van der Waals surface area contributed by atoms with Crippen molar-refractivity contribution < 1.29 is 18.7 Å². The van der Waals surface area contributed by atoms with Crippen LogP contribution in [0.4, 0.5) is 8.78 Å². The Labute approximate surface area is 105 Å². The van der Waals surface area contributed by atoms with Gasteiger partial charge >= 0.3 is 0 Å². The van der Waals surface area contributed by atoms with E-state index in [4.69, 9.17) is 0 Å². The molecule has 3 nitrogen and oxygen atoms in total. The Morgan fingerprint density at radius 3 is 2.61 bits per heavy atom. The molecule has 0 saturated heterocycles. The van der Waals surface area contributed by atoms with Gasteiger partial charge in [-0.3, -0.25) is 4.79 Å². The van der Waals surface area contributed by atoms with Crippen molar-refractivity contribution in [2.24, 2.45) is 0 Å². The van der Waals surface area contributed by atoms with Crippen LogP contribution in [0.25, 0.3) is 0 Å². The van der Waals surface area contributed by atoms with Crippen LogP contribution in [0.2, 0.25) is 0 Å². The molecule has 0 aromatic heterocycles. The van der Waals surface area contributed by atoms with E-state index in [0.29, 0.717) is 6.42 Å². The molecule has 0 saturated carbocycles. The lowest BCUT2D eigenvalue weighted by Crippen LogP contribution is -2.40. The van der Waals surface area contributed by atoms with Crippen LogP contribution in [0.1, 0.15) is 37.0 Å². The van der Waals surface area contributed by atoms with Gasteiger partial charge in [-0.25, -0.2) is 8.78 Å². The standard InChI is InChI=1S/C13H17F2NO2/c1-3-6-13(2,18)8-16-12(17)9-4-5-10(14)11(15)7-9/h4-5,7,18H,3,6,8H2,1-2H3,(H,16,17). The van der Waals surface area contributed by atoms with E-state index in [1.165, 1.54) is 6.07 Å². The van der Waals surface area contributed by atoms with Crippen LogP contribution in [0.15, 0.2) is 18.2 Å².